The predicted molar refractivity (Wildman–Crippen MR) is 76.5 cm³/mol. The van der Waals surface area contributed by atoms with Gasteiger partial charge in [0.1, 0.15) is 0 Å². The third kappa shape index (κ3) is 2.88. The summed E-state index contributed by atoms with van der Waals surface area (Å²) in [7, 11) is 0. The highest BCUT2D eigenvalue weighted by atomic mass is 79.9. The van der Waals surface area contributed by atoms with Crippen LogP contribution in [0, 0.1) is 0 Å². The molecule has 0 bridgehead atoms. The van der Waals surface area contributed by atoms with Crippen molar-refractivity contribution in [2.24, 2.45) is 0 Å². The standard InChI is InChI=1S/C15H23Br/c1-14(2,3)12-8-7-9-13(11(12)10-16)15(4,5)6/h7-9H,10H2,1-6H3. The fourth-order valence-corrected chi connectivity index (χ4v) is 2.74. The molecule has 1 rings (SSSR count). The topological polar surface area (TPSA) is 0 Å². The van der Waals surface area contributed by atoms with E-state index < -0.39 is 0 Å². The third-order valence-electron chi connectivity index (χ3n) is 2.93. The van der Waals surface area contributed by atoms with Gasteiger partial charge in [0.2, 0.25) is 0 Å². The average Bonchev–Trinajstić information content (AvgIpc) is 2.13. The summed E-state index contributed by atoms with van der Waals surface area (Å²) in [6, 6.07) is 6.70. The lowest BCUT2D eigenvalue weighted by molar-refractivity contribution is 0.560. The number of hydrogen-bond donors (Lipinski definition) is 0. The van der Waals surface area contributed by atoms with Gasteiger partial charge in [0.25, 0.3) is 0 Å². The molecule has 0 fully saturated rings. The van der Waals surface area contributed by atoms with Gasteiger partial charge in [-0.25, -0.2) is 0 Å². The highest BCUT2D eigenvalue weighted by Crippen LogP contribution is 2.34. The molecule has 0 saturated heterocycles. The van der Waals surface area contributed by atoms with Crippen molar-refractivity contribution in [3.63, 3.8) is 0 Å². The minimum atomic E-state index is 0.213. The molecule has 16 heavy (non-hydrogen) atoms. The highest BCUT2D eigenvalue weighted by Gasteiger charge is 2.24. The normalized spacial score (nSPS) is 12.9. The van der Waals surface area contributed by atoms with Crippen LogP contribution in [0.2, 0.25) is 0 Å². The molecule has 0 N–H and O–H groups in total. The summed E-state index contributed by atoms with van der Waals surface area (Å²) < 4.78 is 0. The van der Waals surface area contributed by atoms with E-state index >= 15 is 0 Å². The lowest BCUT2D eigenvalue weighted by Gasteiger charge is -2.29. The second-order valence-electron chi connectivity index (χ2n) is 6.47. The van der Waals surface area contributed by atoms with Crippen LogP contribution in [0.15, 0.2) is 18.2 Å². The van der Waals surface area contributed by atoms with Crippen molar-refractivity contribution >= 4 is 15.9 Å². The molecule has 0 aromatic heterocycles. The van der Waals surface area contributed by atoms with Gasteiger partial charge in [0.15, 0.2) is 0 Å². The Hall–Kier alpha value is -0.300. The molecule has 0 amide bonds. The molecule has 0 saturated carbocycles. The van der Waals surface area contributed by atoms with E-state index in [1.165, 1.54) is 16.7 Å². The Kier molecular flexibility index (Phi) is 3.89. The summed E-state index contributed by atoms with van der Waals surface area (Å²) in [5.41, 5.74) is 4.80. The number of halogens is 1. The second-order valence-corrected chi connectivity index (χ2v) is 7.03. The molecule has 0 aliphatic heterocycles. The lowest BCUT2D eigenvalue weighted by atomic mass is 9.77. The van der Waals surface area contributed by atoms with Gasteiger partial charge in [-0.15, -0.1) is 0 Å². The Labute approximate surface area is 109 Å². The molecule has 1 aromatic rings. The second kappa shape index (κ2) is 4.52. The molecule has 1 aromatic carbocycles. The van der Waals surface area contributed by atoms with Crippen LogP contribution >= 0.6 is 15.9 Å². The van der Waals surface area contributed by atoms with Crippen LogP contribution in [0.1, 0.15) is 58.2 Å². The molecule has 0 atom stereocenters. The summed E-state index contributed by atoms with van der Waals surface area (Å²) in [6.45, 7) is 13.7. The Balaban J connectivity index is 3.45. The van der Waals surface area contributed by atoms with E-state index in [1.807, 2.05) is 0 Å². The van der Waals surface area contributed by atoms with Crippen LogP contribution in [0.25, 0.3) is 0 Å². The van der Waals surface area contributed by atoms with E-state index in [1.54, 1.807) is 0 Å². The summed E-state index contributed by atoms with van der Waals surface area (Å²) >= 11 is 3.64. The molecule has 0 aliphatic carbocycles. The molecule has 0 unspecified atom stereocenters. The van der Waals surface area contributed by atoms with E-state index in [0.717, 1.165) is 5.33 Å². The smallest absolute Gasteiger partial charge is 0.0288 e. The van der Waals surface area contributed by atoms with Gasteiger partial charge in [-0.1, -0.05) is 75.7 Å². The molecule has 0 aliphatic rings. The first-order chi connectivity index (χ1) is 7.18. The SMILES string of the molecule is CC(C)(C)c1cccc(C(C)(C)C)c1CBr. The Morgan fingerprint density at radius 2 is 1.25 bits per heavy atom. The quantitative estimate of drug-likeness (QED) is 0.623. The van der Waals surface area contributed by atoms with Gasteiger partial charge < -0.3 is 0 Å². The summed E-state index contributed by atoms with van der Waals surface area (Å²) in [4.78, 5) is 0. The third-order valence-corrected chi connectivity index (χ3v) is 3.49. The predicted octanol–water partition coefficient (Wildman–Crippen LogP) is 5.18. The first-order valence-electron chi connectivity index (χ1n) is 5.86. The van der Waals surface area contributed by atoms with Gasteiger partial charge in [-0.2, -0.15) is 0 Å². The summed E-state index contributed by atoms with van der Waals surface area (Å²) in [5, 5.41) is 0.938. The minimum absolute atomic E-state index is 0.213. The van der Waals surface area contributed by atoms with Gasteiger partial charge >= 0.3 is 0 Å². The van der Waals surface area contributed by atoms with Crippen LogP contribution in [0.3, 0.4) is 0 Å². The van der Waals surface area contributed by atoms with Crippen molar-refractivity contribution in [3.05, 3.63) is 34.9 Å². The van der Waals surface area contributed by atoms with E-state index in [4.69, 9.17) is 0 Å². The van der Waals surface area contributed by atoms with Crippen molar-refractivity contribution in [3.8, 4) is 0 Å². The Bertz CT molecular complexity index is 332. The van der Waals surface area contributed by atoms with Gasteiger partial charge in [-0.3, -0.25) is 0 Å². The van der Waals surface area contributed by atoms with E-state index in [9.17, 15) is 0 Å². The molecular formula is C15H23Br. The van der Waals surface area contributed by atoms with Crippen LogP contribution in [-0.2, 0) is 16.2 Å². The molecule has 0 spiro atoms. The molecule has 90 valence electrons. The largest absolute Gasteiger partial charge is 0.0876 e. The first-order valence-corrected chi connectivity index (χ1v) is 6.99. The maximum atomic E-state index is 3.64. The van der Waals surface area contributed by atoms with Crippen molar-refractivity contribution in [2.45, 2.75) is 57.7 Å². The zero-order chi connectivity index (χ0) is 12.6. The van der Waals surface area contributed by atoms with E-state index in [0.29, 0.717) is 0 Å². The van der Waals surface area contributed by atoms with Crippen molar-refractivity contribution in [1.29, 1.82) is 0 Å². The van der Waals surface area contributed by atoms with Crippen LogP contribution in [0.4, 0.5) is 0 Å². The van der Waals surface area contributed by atoms with Crippen molar-refractivity contribution in [1.82, 2.24) is 0 Å². The van der Waals surface area contributed by atoms with Crippen LogP contribution < -0.4 is 0 Å². The summed E-state index contributed by atoms with van der Waals surface area (Å²) in [6.07, 6.45) is 0. The molecular weight excluding hydrogens is 260 g/mol. The molecule has 1 heteroatoms. The first kappa shape index (κ1) is 13.8. The van der Waals surface area contributed by atoms with Crippen LogP contribution in [-0.4, -0.2) is 0 Å². The van der Waals surface area contributed by atoms with Crippen molar-refractivity contribution in [2.75, 3.05) is 0 Å². The summed E-state index contributed by atoms with van der Waals surface area (Å²) in [5.74, 6) is 0. The van der Waals surface area contributed by atoms with Crippen molar-refractivity contribution < 1.29 is 0 Å². The zero-order valence-electron chi connectivity index (χ0n) is 11.3. The number of hydrogen-bond acceptors (Lipinski definition) is 0. The molecule has 0 radical (unpaired) electrons. The van der Waals surface area contributed by atoms with E-state index in [-0.39, 0.29) is 10.8 Å². The minimum Gasteiger partial charge on any atom is -0.0876 e. The molecule has 0 heterocycles. The Morgan fingerprint density at radius 1 is 0.875 bits per heavy atom. The monoisotopic (exact) mass is 282 g/mol. The van der Waals surface area contributed by atoms with E-state index in [2.05, 4.69) is 75.7 Å². The van der Waals surface area contributed by atoms with Gasteiger partial charge in [0, 0.05) is 5.33 Å². The number of rotatable bonds is 1. The fraction of sp³-hybridized carbons (Fsp3) is 0.600. The molecule has 0 nitrogen and oxygen atoms in total. The zero-order valence-corrected chi connectivity index (χ0v) is 12.9. The fourth-order valence-electron chi connectivity index (χ4n) is 2.14. The number of benzene rings is 1. The maximum Gasteiger partial charge on any atom is 0.0288 e. The average molecular weight is 283 g/mol. The lowest BCUT2D eigenvalue weighted by Crippen LogP contribution is -2.20. The van der Waals surface area contributed by atoms with Gasteiger partial charge in [-0.05, 0) is 27.5 Å². The highest BCUT2D eigenvalue weighted by molar-refractivity contribution is 9.08. The Morgan fingerprint density at radius 3 is 1.50 bits per heavy atom. The number of alkyl halides is 1. The van der Waals surface area contributed by atoms with Crippen LogP contribution in [0.5, 0.6) is 0 Å². The maximum absolute atomic E-state index is 3.64. The van der Waals surface area contributed by atoms with Gasteiger partial charge in [0.05, 0.1) is 0 Å².